The van der Waals surface area contributed by atoms with Crippen LogP contribution in [0.2, 0.25) is 0 Å². The van der Waals surface area contributed by atoms with E-state index in [1.807, 2.05) is 13.8 Å². The highest BCUT2D eigenvalue weighted by atomic mass is 32.1. The topological polar surface area (TPSA) is 67.4 Å². The van der Waals surface area contributed by atoms with Crippen LogP contribution in [0.15, 0.2) is 0 Å². The molecule has 0 unspecified atom stereocenters. The van der Waals surface area contributed by atoms with Crippen LogP contribution in [0.1, 0.15) is 34.6 Å². The number of ether oxygens (including phenoxy) is 1. The number of amides is 2. The lowest BCUT2D eigenvalue weighted by Crippen LogP contribution is -2.25. The molecule has 1 rings (SSSR count). The molecule has 0 bridgehead atoms. The van der Waals surface area contributed by atoms with Gasteiger partial charge in [-0.3, -0.25) is 5.32 Å². The summed E-state index contributed by atoms with van der Waals surface area (Å²) in [7, 11) is 1.53. The zero-order valence-electron chi connectivity index (χ0n) is 11.0. The highest BCUT2D eigenvalue weighted by Crippen LogP contribution is 2.33. The molecule has 0 aliphatic rings. The van der Waals surface area contributed by atoms with E-state index in [4.69, 9.17) is 4.74 Å². The summed E-state index contributed by atoms with van der Waals surface area (Å²) in [6, 6.07) is -0.343. The van der Waals surface area contributed by atoms with Crippen molar-refractivity contribution in [1.82, 2.24) is 5.32 Å². The third kappa shape index (κ3) is 3.01. The van der Waals surface area contributed by atoms with E-state index < -0.39 is 0 Å². The molecule has 0 saturated carbocycles. The van der Waals surface area contributed by atoms with Crippen LogP contribution in [0.3, 0.4) is 0 Å². The summed E-state index contributed by atoms with van der Waals surface area (Å²) in [5, 5.41) is 5.67. The van der Waals surface area contributed by atoms with E-state index in [0.717, 1.165) is 16.9 Å². The summed E-state index contributed by atoms with van der Waals surface area (Å²) in [4.78, 5) is 24.3. The minimum atomic E-state index is -0.384. The van der Waals surface area contributed by atoms with Crippen molar-refractivity contribution in [3.63, 3.8) is 0 Å². The Bertz CT molecular complexity index is 454. The van der Waals surface area contributed by atoms with Crippen molar-refractivity contribution in [3.05, 3.63) is 16.0 Å². The van der Waals surface area contributed by atoms with Gasteiger partial charge >= 0.3 is 12.0 Å². The Morgan fingerprint density at radius 2 is 2.00 bits per heavy atom. The number of hydrogen-bond donors (Lipinski definition) is 2. The van der Waals surface area contributed by atoms with E-state index >= 15 is 0 Å². The normalized spacial score (nSPS) is 10.0. The highest BCUT2D eigenvalue weighted by molar-refractivity contribution is 7.16. The molecular weight excluding hydrogens is 252 g/mol. The molecule has 5 nitrogen and oxygen atoms in total. The first kappa shape index (κ1) is 14.5. The van der Waals surface area contributed by atoms with Crippen LogP contribution in [0.5, 0.6) is 0 Å². The second kappa shape index (κ2) is 6.39. The fourth-order valence-corrected chi connectivity index (χ4v) is 2.81. The van der Waals surface area contributed by atoms with E-state index in [0.29, 0.717) is 17.2 Å². The number of carbonyl (C=O) groups is 2. The molecule has 0 atom stereocenters. The quantitative estimate of drug-likeness (QED) is 0.826. The zero-order valence-corrected chi connectivity index (χ0v) is 11.9. The van der Waals surface area contributed by atoms with Crippen molar-refractivity contribution >= 4 is 28.3 Å². The van der Waals surface area contributed by atoms with Crippen LogP contribution >= 0.6 is 11.3 Å². The van der Waals surface area contributed by atoms with Gasteiger partial charge in [-0.15, -0.1) is 11.3 Å². The Labute approximate surface area is 111 Å². The summed E-state index contributed by atoms with van der Waals surface area (Å²) in [5.41, 5.74) is 1.41. The maximum atomic E-state index is 11.9. The number of aryl methyl sites for hydroxylation is 1. The number of thiophene rings is 1. The molecule has 0 spiro atoms. The molecule has 0 aliphatic heterocycles. The molecule has 100 valence electrons. The SMILES string of the molecule is CCOC(=O)c1c(NC(=O)NC)sc(C)c1CC. The van der Waals surface area contributed by atoms with Crippen LogP contribution in [0.25, 0.3) is 0 Å². The first-order chi connectivity index (χ1) is 8.54. The lowest BCUT2D eigenvalue weighted by Gasteiger charge is -2.07. The van der Waals surface area contributed by atoms with Crippen LogP contribution in [0.4, 0.5) is 9.80 Å². The van der Waals surface area contributed by atoms with Crippen LogP contribution in [-0.2, 0) is 11.2 Å². The Morgan fingerprint density at radius 1 is 1.33 bits per heavy atom. The smallest absolute Gasteiger partial charge is 0.341 e. The third-order valence-electron chi connectivity index (χ3n) is 2.50. The second-order valence-electron chi connectivity index (χ2n) is 3.62. The number of esters is 1. The van der Waals surface area contributed by atoms with Gasteiger partial charge in [-0.05, 0) is 25.8 Å². The molecule has 0 radical (unpaired) electrons. The lowest BCUT2D eigenvalue weighted by atomic mass is 10.1. The first-order valence-electron chi connectivity index (χ1n) is 5.83. The van der Waals surface area contributed by atoms with E-state index in [1.54, 1.807) is 6.92 Å². The third-order valence-corrected chi connectivity index (χ3v) is 3.56. The number of anilines is 1. The van der Waals surface area contributed by atoms with Gasteiger partial charge < -0.3 is 10.1 Å². The first-order valence-corrected chi connectivity index (χ1v) is 6.64. The number of carbonyl (C=O) groups excluding carboxylic acids is 2. The molecule has 1 heterocycles. The molecule has 0 saturated heterocycles. The van der Waals surface area contributed by atoms with Crippen molar-refractivity contribution in [2.45, 2.75) is 27.2 Å². The standard InChI is InChI=1S/C12H18N2O3S/c1-5-8-7(3)18-10(14-12(16)13-4)9(8)11(15)17-6-2/h5-6H2,1-4H3,(H2,13,14,16). The molecule has 0 fully saturated rings. The molecule has 18 heavy (non-hydrogen) atoms. The van der Waals surface area contributed by atoms with Gasteiger partial charge in [-0.2, -0.15) is 0 Å². The maximum absolute atomic E-state index is 11.9. The maximum Gasteiger partial charge on any atom is 0.341 e. The fourth-order valence-electron chi connectivity index (χ4n) is 1.68. The van der Waals surface area contributed by atoms with Crippen molar-refractivity contribution in [2.75, 3.05) is 19.0 Å². The van der Waals surface area contributed by atoms with Gasteiger partial charge in [-0.25, -0.2) is 9.59 Å². The lowest BCUT2D eigenvalue weighted by molar-refractivity contribution is 0.0527. The summed E-state index contributed by atoms with van der Waals surface area (Å²) in [5.74, 6) is -0.384. The van der Waals surface area contributed by atoms with Gasteiger partial charge in [0.1, 0.15) is 5.00 Å². The monoisotopic (exact) mass is 270 g/mol. The van der Waals surface area contributed by atoms with Crippen molar-refractivity contribution < 1.29 is 14.3 Å². The number of hydrogen-bond acceptors (Lipinski definition) is 4. The summed E-state index contributed by atoms with van der Waals surface area (Å²) >= 11 is 1.39. The molecule has 1 aromatic rings. The van der Waals surface area contributed by atoms with E-state index in [2.05, 4.69) is 10.6 Å². The predicted molar refractivity (Wildman–Crippen MR) is 72.5 cm³/mol. The second-order valence-corrected chi connectivity index (χ2v) is 4.84. The van der Waals surface area contributed by atoms with Crippen LogP contribution in [-0.4, -0.2) is 25.7 Å². The minimum Gasteiger partial charge on any atom is -0.462 e. The number of rotatable bonds is 4. The van der Waals surface area contributed by atoms with Gasteiger partial charge in [0, 0.05) is 11.9 Å². The Kier molecular flexibility index (Phi) is 5.15. The van der Waals surface area contributed by atoms with Crippen molar-refractivity contribution in [2.24, 2.45) is 0 Å². The van der Waals surface area contributed by atoms with Gasteiger partial charge in [0.05, 0.1) is 12.2 Å². The fraction of sp³-hybridized carbons (Fsp3) is 0.500. The van der Waals surface area contributed by atoms with Crippen molar-refractivity contribution in [3.8, 4) is 0 Å². The minimum absolute atomic E-state index is 0.316. The largest absolute Gasteiger partial charge is 0.462 e. The highest BCUT2D eigenvalue weighted by Gasteiger charge is 2.23. The molecule has 0 aliphatic carbocycles. The Hall–Kier alpha value is -1.56. The Morgan fingerprint density at radius 3 is 2.50 bits per heavy atom. The van der Waals surface area contributed by atoms with Crippen molar-refractivity contribution in [1.29, 1.82) is 0 Å². The molecular formula is C12H18N2O3S. The summed E-state index contributed by atoms with van der Waals surface area (Å²) < 4.78 is 5.04. The van der Waals surface area contributed by atoms with Gasteiger partial charge in [0.2, 0.25) is 0 Å². The average molecular weight is 270 g/mol. The Balaban J connectivity index is 3.16. The number of nitrogens with one attached hydrogen (secondary N) is 2. The summed E-state index contributed by atoms with van der Waals surface area (Å²) in [6.45, 7) is 5.98. The predicted octanol–water partition coefficient (Wildman–Crippen LogP) is 2.55. The number of urea groups is 1. The van der Waals surface area contributed by atoms with Gasteiger partial charge in [-0.1, -0.05) is 6.92 Å². The molecule has 1 aromatic heterocycles. The average Bonchev–Trinajstić information content (AvgIpc) is 2.65. The van der Waals surface area contributed by atoms with Gasteiger partial charge in [0.25, 0.3) is 0 Å². The summed E-state index contributed by atoms with van der Waals surface area (Å²) in [6.07, 6.45) is 0.728. The molecule has 6 heteroatoms. The van der Waals surface area contributed by atoms with E-state index in [1.165, 1.54) is 18.4 Å². The van der Waals surface area contributed by atoms with Gasteiger partial charge in [0.15, 0.2) is 0 Å². The van der Waals surface area contributed by atoms with Crippen LogP contribution in [0, 0.1) is 6.92 Å². The molecule has 0 aromatic carbocycles. The van der Waals surface area contributed by atoms with E-state index in [9.17, 15) is 9.59 Å². The van der Waals surface area contributed by atoms with Crippen LogP contribution < -0.4 is 10.6 Å². The zero-order chi connectivity index (χ0) is 13.7. The molecule has 2 amide bonds. The van der Waals surface area contributed by atoms with E-state index in [-0.39, 0.29) is 12.0 Å². The molecule has 2 N–H and O–H groups in total.